The minimum Gasteiger partial charge on any atom is -0.368 e. The van der Waals surface area contributed by atoms with E-state index in [0.29, 0.717) is 25.4 Å². The van der Waals surface area contributed by atoms with Crippen LogP contribution < -0.4 is 20.0 Å². The van der Waals surface area contributed by atoms with Gasteiger partial charge in [-0.15, -0.1) is 0 Å². The van der Waals surface area contributed by atoms with Crippen LogP contribution in [0.3, 0.4) is 0 Å². The van der Waals surface area contributed by atoms with Gasteiger partial charge in [0, 0.05) is 70.2 Å². The Morgan fingerprint density at radius 3 is 2.18 bits per heavy atom. The fourth-order valence-electron chi connectivity index (χ4n) is 5.14. The topological polar surface area (TPSA) is 67.8 Å². The lowest BCUT2D eigenvalue weighted by Crippen LogP contribution is -2.47. The van der Waals surface area contributed by atoms with Crippen LogP contribution in [0.5, 0.6) is 0 Å². The van der Waals surface area contributed by atoms with Crippen molar-refractivity contribution in [3.05, 3.63) is 70.9 Å². The molecule has 1 N–H and O–H groups in total. The fraction of sp³-hybridized carbons (Fsp3) is 0.433. The minimum atomic E-state index is -0.0889. The lowest BCUT2D eigenvalue weighted by molar-refractivity contribution is 0.206. The molecule has 3 aromatic rings. The first-order valence-corrected chi connectivity index (χ1v) is 13.6. The number of aromatic nitrogens is 2. The van der Waals surface area contributed by atoms with Gasteiger partial charge in [-0.3, -0.25) is 0 Å². The number of amides is 2. The van der Waals surface area contributed by atoms with Crippen LogP contribution in [-0.4, -0.2) is 67.7 Å². The van der Waals surface area contributed by atoms with Crippen LogP contribution in [0.1, 0.15) is 42.1 Å². The van der Waals surface area contributed by atoms with Crippen LogP contribution in [0, 0.1) is 6.92 Å². The summed E-state index contributed by atoms with van der Waals surface area (Å²) in [6.45, 7) is 11.2. The third kappa shape index (κ3) is 5.54. The predicted octanol–water partition coefficient (Wildman–Crippen LogP) is 4.89. The molecule has 2 amide bonds. The highest BCUT2D eigenvalue weighted by Gasteiger charge is 2.28. The van der Waals surface area contributed by atoms with Gasteiger partial charge >= 0.3 is 6.03 Å². The summed E-state index contributed by atoms with van der Waals surface area (Å²) in [5.74, 6) is 2.15. The van der Waals surface area contributed by atoms with E-state index in [-0.39, 0.29) is 6.03 Å². The van der Waals surface area contributed by atoms with E-state index in [2.05, 4.69) is 72.3 Å². The summed E-state index contributed by atoms with van der Waals surface area (Å²) < 4.78 is 0. The van der Waals surface area contributed by atoms with Crippen molar-refractivity contribution in [3.63, 3.8) is 0 Å². The molecule has 0 aliphatic carbocycles. The summed E-state index contributed by atoms with van der Waals surface area (Å²) >= 11 is 0. The lowest BCUT2D eigenvalue weighted by Gasteiger charge is -2.37. The SMILES string of the molecule is Cc1ccc(N2CCN(c3nc4c(c(N(C)C)n3)CN(C(=O)Nc3ccc(C(C)C)cc3)CC4)CC2)cc1. The van der Waals surface area contributed by atoms with Gasteiger partial charge in [0.05, 0.1) is 12.2 Å². The lowest BCUT2D eigenvalue weighted by atomic mass is 10.0. The number of aryl methyl sites for hydroxylation is 1. The number of fused-ring (bicyclic) bond motifs is 1. The number of anilines is 4. The maximum Gasteiger partial charge on any atom is 0.322 e. The smallest absolute Gasteiger partial charge is 0.322 e. The Hall–Kier alpha value is -3.81. The molecule has 38 heavy (non-hydrogen) atoms. The number of nitrogens with zero attached hydrogens (tertiary/aromatic N) is 6. The highest BCUT2D eigenvalue weighted by molar-refractivity contribution is 5.89. The molecule has 5 rings (SSSR count). The van der Waals surface area contributed by atoms with Crippen molar-refractivity contribution in [1.29, 1.82) is 0 Å². The number of benzene rings is 2. The fourth-order valence-corrected chi connectivity index (χ4v) is 5.14. The van der Waals surface area contributed by atoms with Gasteiger partial charge < -0.3 is 24.9 Å². The van der Waals surface area contributed by atoms with Crippen molar-refractivity contribution in [3.8, 4) is 0 Å². The number of hydrogen-bond donors (Lipinski definition) is 1. The Morgan fingerprint density at radius 1 is 0.895 bits per heavy atom. The van der Waals surface area contributed by atoms with E-state index in [4.69, 9.17) is 9.97 Å². The number of hydrogen-bond acceptors (Lipinski definition) is 6. The van der Waals surface area contributed by atoms with Crippen LogP contribution in [0.25, 0.3) is 0 Å². The molecule has 1 saturated heterocycles. The molecular weight excluding hydrogens is 474 g/mol. The molecule has 0 radical (unpaired) electrons. The van der Waals surface area contributed by atoms with Crippen LogP contribution in [-0.2, 0) is 13.0 Å². The third-order valence-electron chi connectivity index (χ3n) is 7.53. The van der Waals surface area contributed by atoms with Gasteiger partial charge in [-0.1, -0.05) is 43.7 Å². The molecule has 0 unspecified atom stereocenters. The van der Waals surface area contributed by atoms with Crippen LogP contribution in [0.2, 0.25) is 0 Å². The third-order valence-corrected chi connectivity index (χ3v) is 7.53. The molecule has 0 spiro atoms. The first kappa shape index (κ1) is 25.8. The van der Waals surface area contributed by atoms with Crippen molar-refractivity contribution >= 4 is 29.2 Å². The van der Waals surface area contributed by atoms with Gasteiger partial charge in [-0.05, 0) is 42.7 Å². The number of piperazine rings is 1. The van der Waals surface area contributed by atoms with Crippen molar-refractivity contribution in [2.45, 2.75) is 39.7 Å². The average molecular weight is 514 g/mol. The second kappa shape index (κ2) is 10.9. The first-order valence-electron chi connectivity index (χ1n) is 13.6. The van der Waals surface area contributed by atoms with Gasteiger partial charge in [0.25, 0.3) is 0 Å². The summed E-state index contributed by atoms with van der Waals surface area (Å²) in [6, 6.07) is 16.8. The quantitative estimate of drug-likeness (QED) is 0.524. The van der Waals surface area contributed by atoms with Crippen LogP contribution >= 0.6 is 0 Å². The second-order valence-electron chi connectivity index (χ2n) is 10.9. The number of urea groups is 1. The van der Waals surface area contributed by atoms with Gasteiger partial charge in [0.2, 0.25) is 5.95 Å². The minimum absolute atomic E-state index is 0.0889. The Morgan fingerprint density at radius 2 is 1.55 bits per heavy atom. The zero-order valence-electron chi connectivity index (χ0n) is 23.2. The molecule has 200 valence electrons. The number of nitrogens with one attached hydrogen (secondary N) is 1. The molecule has 8 nitrogen and oxygen atoms in total. The first-order chi connectivity index (χ1) is 18.3. The maximum atomic E-state index is 13.1. The van der Waals surface area contributed by atoms with Crippen molar-refractivity contribution in [2.75, 3.05) is 66.8 Å². The largest absolute Gasteiger partial charge is 0.368 e. The van der Waals surface area contributed by atoms with E-state index in [1.54, 1.807) is 0 Å². The van der Waals surface area contributed by atoms with E-state index in [0.717, 1.165) is 54.9 Å². The Kier molecular flexibility index (Phi) is 7.40. The van der Waals surface area contributed by atoms with E-state index in [9.17, 15) is 4.79 Å². The second-order valence-corrected chi connectivity index (χ2v) is 10.9. The summed E-state index contributed by atoms with van der Waals surface area (Å²) in [7, 11) is 4.02. The zero-order valence-corrected chi connectivity index (χ0v) is 23.2. The Bertz CT molecular complexity index is 1260. The predicted molar refractivity (Wildman–Crippen MR) is 156 cm³/mol. The normalized spacial score (nSPS) is 15.5. The molecule has 2 aliphatic heterocycles. The Labute approximate surface area is 226 Å². The highest BCUT2D eigenvalue weighted by atomic mass is 16.2. The molecular formula is C30H39N7O. The molecule has 3 heterocycles. The van der Waals surface area contributed by atoms with Crippen molar-refractivity contribution in [2.24, 2.45) is 0 Å². The summed E-state index contributed by atoms with van der Waals surface area (Å²) in [4.78, 5) is 31.7. The van der Waals surface area contributed by atoms with E-state index >= 15 is 0 Å². The summed E-state index contributed by atoms with van der Waals surface area (Å²) in [5.41, 5.74) is 6.70. The summed E-state index contributed by atoms with van der Waals surface area (Å²) in [6.07, 6.45) is 0.717. The van der Waals surface area contributed by atoms with Gasteiger partial charge in [0.1, 0.15) is 5.82 Å². The van der Waals surface area contributed by atoms with Gasteiger partial charge in [-0.2, -0.15) is 4.98 Å². The molecule has 8 heteroatoms. The highest BCUT2D eigenvalue weighted by Crippen LogP contribution is 2.29. The standard InChI is InChI=1S/C30H39N7O/c1-21(2)23-8-10-24(11-9-23)31-30(38)37-15-14-27-26(20-37)28(34(4)5)33-29(32-27)36-18-16-35(17-19-36)25-12-6-22(3)7-13-25/h6-13,21H,14-20H2,1-5H3,(H,31,38). The molecule has 2 aromatic carbocycles. The van der Waals surface area contributed by atoms with Crippen molar-refractivity contribution < 1.29 is 4.79 Å². The van der Waals surface area contributed by atoms with Crippen molar-refractivity contribution in [1.82, 2.24) is 14.9 Å². The number of carbonyl (C=O) groups excluding carboxylic acids is 1. The molecule has 1 fully saturated rings. The van der Waals surface area contributed by atoms with E-state index in [1.807, 2.05) is 36.0 Å². The zero-order chi connectivity index (χ0) is 26.8. The molecule has 0 saturated carbocycles. The van der Waals surface area contributed by atoms with Crippen LogP contribution in [0.15, 0.2) is 48.5 Å². The summed E-state index contributed by atoms with van der Waals surface area (Å²) in [5, 5.41) is 3.06. The number of rotatable bonds is 5. The van der Waals surface area contributed by atoms with Gasteiger partial charge in [0.15, 0.2) is 0 Å². The molecule has 2 aliphatic rings. The van der Waals surface area contributed by atoms with E-state index in [1.165, 1.54) is 16.8 Å². The monoisotopic (exact) mass is 513 g/mol. The Balaban J connectivity index is 1.27. The van der Waals surface area contributed by atoms with E-state index < -0.39 is 0 Å². The molecule has 0 atom stereocenters. The molecule has 0 bridgehead atoms. The number of carbonyl (C=O) groups is 1. The average Bonchev–Trinajstić information content (AvgIpc) is 2.93. The van der Waals surface area contributed by atoms with Gasteiger partial charge in [-0.25, -0.2) is 9.78 Å². The molecule has 1 aromatic heterocycles. The van der Waals surface area contributed by atoms with Crippen LogP contribution in [0.4, 0.5) is 27.9 Å². The maximum absolute atomic E-state index is 13.1.